The Kier molecular flexibility index (Phi) is 9.62. The number of fused-ring (bicyclic) bond motifs is 1. The summed E-state index contributed by atoms with van der Waals surface area (Å²) < 4.78 is 24.6. The number of aromatic nitrogens is 2. The molecule has 1 amide bonds. The van der Waals surface area contributed by atoms with E-state index in [1.807, 2.05) is 31.2 Å². The molecular weight excluding hydrogens is 583 g/mol. The number of benzene rings is 1. The predicted molar refractivity (Wildman–Crippen MR) is 161 cm³/mol. The second-order valence-corrected chi connectivity index (χ2v) is 23.0. The molecule has 4 atom stereocenters. The molecule has 0 spiro atoms. The zero-order valence-electron chi connectivity index (χ0n) is 24.4. The molecule has 0 radical (unpaired) electrons. The summed E-state index contributed by atoms with van der Waals surface area (Å²) >= 11 is 2.96. The number of methoxy groups -OCH3 is 1. The van der Waals surface area contributed by atoms with Gasteiger partial charge in [-0.25, -0.2) is 4.79 Å². The fourth-order valence-electron chi connectivity index (χ4n) is 5.12. The minimum absolute atomic E-state index is 0.0878. The molecule has 40 heavy (non-hydrogen) atoms. The summed E-state index contributed by atoms with van der Waals surface area (Å²) in [5.41, 5.74) is 3.71. The number of rotatable bonds is 13. The van der Waals surface area contributed by atoms with Crippen LogP contribution < -0.4 is 4.74 Å². The molecule has 0 saturated carbocycles. The van der Waals surface area contributed by atoms with Crippen molar-refractivity contribution >= 4 is 51.6 Å². The number of carbonyl (C=O) groups is 2. The Hall–Kier alpha value is -2.04. The van der Waals surface area contributed by atoms with Gasteiger partial charge in [0.05, 0.1) is 25.2 Å². The highest BCUT2D eigenvalue weighted by molar-refractivity contribution is 8.01. The molecule has 3 heterocycles. The number of carbonyl (C=O) groups excluding carboxylic acids is 2. The van der Waals surface area contributed by atoms with Crippen molar-refractivity contribution in [3.05, 3.63) is 46.6 Å². The van der Waals surface area contributed by atoms with Crippen molar-refractivity contribution in [2.45, 2.75) is 69.3 Å². The van der Waals surface area contributed by atoms with Crippen molar-refractivity contribution in [2.75, 3.05) is 19.5 Å². The maximum absolute atomic E-state index is 13.7. The van der Waals surface area contributed by atoms with Crippen LogP contribution in [0.25, 0.3) is 0 Å². The van der Waals surface area contributed by atoms with Crippen LogP contribution in [-0.2, 0) is 29.8 Å². The highest BCUT2D eigenvalue weighted by atomic mass is 32.2. The maximum atomic E-state index is 13.7. The third-order valence-corrected chi connectivity index (χ3v) is 10.8. The summed E-state index contributed by atoms with van der Waals surface area (Å²) in [4.78, 5) is 29.1. The smallest absolute Gasteiger partial charge is 0.355 e. The Morgan fingerprint density at radius 2 is 1.82 bits per heavy atom. The largest absolute Gasteiger partial charge is 0.497 e. The molecule has 0 bridgehead atoms. The molecule has 2 aliphatic rings. The van der Waals surface area contributed by atoms with Crippen LogP contribution in [-0.4, -0.2) is 75.2 Å². The van der Waals surface area contributed by atoms with Gasteiger partial charge in [0.1, 0.15) is 23.6 Å². The zero-order valence-corrected chi connectivity index (χ0v) is 28.1. The molecule has 1 saturated heterocycles. The van der Waals surface area contributed by atoms with E-state index in [0.29, 0.717) is 18.1 Å². The van der Waals surface area contributed by atoms with E-state index in [0.717, 1.165) is 21.2 Å². The van der Waals surface area contributed by atoms with Gasteiger partial charge in [0, 0.05) is 18.3 Å². The first-order chi connectivity index (χ1) is 18.8. The summed E-state index contributed by atoms with van der Waals surface area (Å²) in [6, 6.07) is 7.14. The second-order valence-electron chi connectivity index (χ2n) is 12.0. The van der Waals surface area contributed by atoms with E-state index in [4.69, 9.17) is 18.3 Å². The topological polar surface area (TPSA) is 100 Å². The highest BCUT2D eigenvalue weighted by Crippen LogP contribution is 2.50. The van der Waals surface area contributed by atoms with Crippen molar-refractivity contribution in [1.29, 1.82) is 0 Å². The van der Waals surface area contributed by atoms with Crippen LogP contribution in [0.4, 0.5) is 0 Å². The lowest BCUT2D eigenvalue weighted by Gasteiger charge is -2.49. The van der Waals surface area contributed by atoms with Crippen LogP contribution in [0.3, 0.4) is 0 Å². The first-order valence-electron chi connectivity index (χ1n) is 13.4. The molecule has 1 aromatic heterocycles. The van der Waals surface area contributed by atoms with Crippen molar-refractivity contribution < 1.29 is 27.9 Å². The van der Waals surface area contributed by atoms with E-state index in [2.05, 4.69) is 49.5 Å². The number of thioether (sulfide) groups is 1. The summed E-state index contributed by atoms with van der Waals surface area (Å²) in [6.45, 7) is 15.3. The van der Waals surface area contributed by atoms with Crippen LogP contribution in [0.2, 0.25) is 39.3 Å². The number of ether oxygens (including phenoxy) is 2. The average Bonchev–Trinajstić information content (AvgIpc) is 3.48. The van der Waals surface area contributed by atoms with Crippen molar-refractivity contribution in [1.82, 2.24) is 15.1 Å². The molecule has 9 nitrogen and oxygen atoms in total. The summed E-state index contributed by atoms with van der Waals surface area (Å²) in [6.07, 6.45) is -0.262. The molecular formula is C27H39N3O6S2Si2. The third-order valence-electron chi connectivity index (χ3n) is 6.75. The van der Waals surface area contributed by atoms with Crippen LogP contribution in [0.15, 0.2) is 45.4 Å². The molecule has 0 unspecified atom stereocenters. The summed E-state index contributed by atoms with van der Waals surface area (Å²) in [5, 5.41) is 8.10. The lowest BCUT2D eigenvalue weighted by atomic mass is 9.77. The van der Waals surface area contributed by atoms with E-state index in [-0.39, 0.29) is 36.5 Å². The second kappa shape index (κ2) is 12.5. The van der Waals surface area contributed by atoms with Gasteiger partial charge in [0.25, 0.3) is 0 Å². The Balaban J connectivity index is 1.65. The van der Waals surface area contributed by atoms with E-state index < -0.39 is 22.6 Å². The van der Waals surface area contributed by atoms with Gasteiger partial charge in [-0.1, -0.05) is 35.2 Å². The monoisotopic (exact) mass is 621 g/mol. The average molecular weight is 622 g/mol. The SMILES string of the molecule is COc1ccc(COC(=O)C2=C(CSc3nncs3)[C@@H](CO[Si](C)(C)C)[C@@H]3[C@@H]([C@@H](C)O[Si](C)(C)C)C(=O)N23)cc1. The maximum Gasteiger partial charge on any atom is 0.355 e. The minimum atomic E-state index is -1.90. The molecule has 0 aliphatic carbocycles. The Bertz CT molecular complexity index is 1230. The van der Waals surface area contributed by atoms with Crippen LogP contribution in [0, 0.1) is 11.8 Å². The van der Waals surface area contributed by atoms with Gasteiger partial charge in [-0.2, -0.15) is 0 Å². The van der Waals surface area contributed by atoms with Gasteiger partial charge in [-0.15, -0.1) is 10.2 Å². The van der Waals surface area contributed by atoms with E-state index >= 15 is 0 Å². The fourth-order valence-corrected chi connectivity index (χ4v) is 8.65. The van der Waals surface area contributed by atoms with Crippen LogP contribution in [0.1, 0.15) is 12.5 Å². The van der Waals surface area contributed by atoms with Crippen LogP contribution >= 0.6 is 23.1 Å². The predicted octanol–water partition coefficient (Wildman–Crippen LogP) is 5.18. The van der Waals surface area contributed by atoms with E-state index in [1.165, 1.54) is 23.1 Å². The van der Waals surface area contributed by atoms with Crippen LogP contribution in [0.5, 0.6) is 5.75 Å². The highest BCUT2D eigenvalue weighted by Gasteiger charge is 2.61. The number of esters is 1. The first-order valence-corrected chi connectivity index (χ1v) is 22.0. The third kappa shape index (κ3) is 7.23. The molecule has 4 rings (SSSR count). The van der Waals surface area contributed by atoms with Gasteiger partial charge in [-0.05, 0) is 69.5 Å². The Labute approximate surface area is 246 Å². The molecule has 1 fully saturated rings. The normalized spacial score (nSPS) is 21.8. The lowest BCUT2D eigenvalue weighted by molar-refractivity contribution is -0.164. The van der Waals surface area contributed by atoms with E-state index in [9.17, 15) is 9.59 Å². The minimum Gasteiger partial charge on any atom is -0.497 e. The number of amides is 1. The van der Waals surface area contributed by atoms with Crippen molar-refractivity contribution in [2.24, 2.45) is 11.8 Å². The zero-order chi connectivity index (χ0) is 29.2. The molecule has 13 heteroatoms. The quantitative estimate of drug-likeness (QED) is 0.130. The van der Waals surface area contributed by atoms with Crippen molar-refractivity contribution in [3.63, 3.8) is 0 Å². The molecule has 2 aliphatic heterocycles. The van der Waals surface area contributed by atoms with Crippen molar-refractivity contribution in [3.8, 4) is 5.75 Å². The van der Waals surface area contributed by atoms with Gasteiger partial charge in [0.2, 0.25) is 5.91 Å². The van der Waals surface area contributed by atoms with Gasteiger partial charge in [0.15, 0.2) is 21.0 Å². The summed E-state index contributed by atoms with van der Waals surface area (Å²) in [7, 11) is -2.18. The summed E-state index contributed by atoms with van der Waals surface area (Å²) in [5.74, 6) is 0.111. The van der Waals surface area contributed by atoms with E-state index in [1.54, 1.807) is 17.5 Å². The van der Waals surface area contributed by atoms with Gasteiger partial charge < -0.3 is 23.2 Å². The number of β-lactam (4-membered cyclic amide) rings is 1. The number of hydrogen-bond acceptors (Lipinski definition) is 10. The number of hydrogen-bond donors (Lipinski definition) is 0. The molecule has 2 aromatic rings. The van der Waals surface area contributed by atoms with Gasteiger partial charge in [-0.3, -0.25) is 4.79 Å². The Morgan fingerprint density at radius 1 is 1.12 bits per heavy atom. The molecule has 218 valence electrons. The molecule has 1 aromatic carbocycles. The number of nitrogens with zero attached hydrogens (tertiary/aromatic N) is 3. The Morgan fingerprint density at radius 3 is 2.40 bits per heavy atom. The first kappa shape index (κ1) is 30.9. The fraction of sp³-hybridized carbons (Fsp3) is 0.556. The lowest BCUT2D eigenvalue weighted by Crippen LogP contribution is -2.65. The molecule has 0 N–H and O–H groups in total. The van der Waals surface area contributed by atoms with Gasteiger partial charge >= 0.3 is 5.97 Å². The standard InChI is InChI=1S/C27H39N3O6S2Si2/c1-17(36-40(6,7)8)22-23-20(14-35-39(3,4)5)21(15-37-27-29-28-16-38-27)24(30(23)25(22)31)26(32)34-13-18-9-11-19(33-2)12-10-18/h9-12,16-17,20,22-23H,13-15H2,1-8H3/t17-,20-,22-,23-/m1/s1.